The molecule has 0 bridgehead atoms. The first-order valence-corrected chi connectivity index (χ1v) is 13.4. The lowest BCUT2D eigenvalue weighted by Gasteiger charge is -2.32. The van der Waals surface area contributed by atoms with Crippen molar-refractivity contribution in [3.63, 3.8) is 0 Å². The Balaban J connectivity index is 1.84. The van der Waals surface area contributed by atoms with Crippen LogP contribution in [0.4, 0.5) is 13.2 Å². The Hall–Kier alpha value is -3.49. The monoisotopic (exact) mass is 550 g/mol. The number of hydrogen-bond acceptors (Lipinski definition) is 4. The van der Waals surface area contributed by atoms with E-state index in [1.807, 2.05) is 44.2 Å². The Morgan fingerprint density at radius 2 is 1.62 bits per heavy atom. The van der Waals surface area contributed by atoms with Crippen molar-refractivity contribution in [1.82, 2.24) is 4.57 Å². The highest BCUT2D eigenvalue weighted by atomic mass is 32.2. The molecule has 0 amide bonds. The molecular formula is C31H29F3N2O2S. The fourth-order valence-corrected chi connectivity index (χ4v) is 7.04. The molecule has 1 aliphatic rings. The second-order valence-corrected chi connectivity index (χ2v) is 11.9. The lowest BCUT2D eigenvalue weighted by molar-refractivity contribution is 0.340. The fourth-order valence-electron chi connectivity index (χ4n) is 5.53. The molecule has 0 saturated carbocycles. The smallest absolute Gasteiger partial charge is 0.260 e. The summed E-state index contributed by atoms with van der Waals surface area (Å²) in [5.74, 6) is -2.06. The number of aromatic nitrogens is 1. The lowest BCUT2D eigenvalue weighted by atomic mass is 9.89. The molecule has 0 radical (unpaired) electrons. The van der Waals surface area contributed by atoms with Gasteiger partial charge in [-0.3, -0.25) is 9.36 Å². The molecule has 4 aromatic rings. The van der Waals surface area contributed by atoms with Crippen LogP contribution in [-0.4, -0.2) is 16.4 Å². The summed E-state index contributed by atoms with van der Waals surface area (Å²) < 4.78 is 51.5. The van der Waals surface area contributed by atoms with Gasteiger partial charge in [-0.2, -0.15) is 0 Å². The van der Waals surface area contributed by atoms with E-state index in [-0.39, 0.29) is 28.9 Å². The molecule has 202 valence electrons. The maximum absolute atomic E-state index is 15.6. The van der Waals surface area contributed by atoms with Crippen LogP contribution in [0, 0.1) is 24.4 Å². The van der Waals surface area contributed by atoms with Gasteiger partial charge in [0.2, 0.25) is 0 Å². The number of hydrogen-bond donors (Lipinski definition) is 1. The van der Waals surface area contributed by atoms with Gasteiger partial charge in [0.05, 0.1) is 29.8 Å². The number of pyridine rings is 1. The van der Waals surface area contributed by atoms with Gasteiger partial charge in [-0.05, 0) is 55.7 Å². The zero-order chi connectivity index (χ0) is 28.1. The first-order chi connectivity index (χ1) is 18.6. The predicted octanol–water partition coefficient (Wildman–Crippen LogP) is 6.97. The van der Waals surface area contributed by atoms with Crippen LogP contribution < -0.4 is 16.0 Å². The van der Waals surface area contributed by atoms with Gasteiger partial charge in [0.15, 0.2) is 11.6 Å². The van der Waals surface area contributed by atoms with Crippen LogP contribution in [0.3, 0.4) is 0 Å². The number of halogens is 3. The number of nitrogens with two attached hydrogens (primary N) is 1. The van der Waals surface area contributed by atoms with E-state index in [4.69, 9.17) is 10.5 Å². The fraction of sp³-hybridized carbons (Fsp3) is 0.258. The van der Waals surface area contributed by atoms with Gasteiger partial charge in [-0.1, -0.05) is 60.3 Å². The van der Waals surface area contributed by atoms with E-state index < -0.39 is 39.8 Å². The van der Waals surface area contributed by atoms with Gasteiger partial charge in [-0.15, -0.1) is 0 Å². The highest BCUT2D eigenvalue weighted by Crippen LogP contribution is 2.54. The number of benzene rings is 3. The summed E-state index contributed by atoms with van der Waals surface area (Å²) in [5.41, 5.74) is 8.32. The molecule has 5 rings (SSSR count). The number of thioether (sulfide) groups is 1. The molecule has 0 fully saturated rings. The van der Waals surface area contributed by atoms with Crippen LogP contribution in [-0.2, 0) is 6.42 Å². The molecule has 0 spiro atoms. The van der Waals surface area contributed by atoms with Gasteiger partial charge >= 0.3 is 0 Å². The molecule has 2 atom stereocenters. The van der Waals surface area contributed by atoms with Crippen molar-refractivity contribution in [2.45, 2.75) is 49.0 Å². The number of nitrogens with zero attached hydrogens (tertiary/aromatic N) is 1. The van der Waals surface area contributed by atoms with Crippen LogP contribution in [0.2, 0.25) is 0 Å². The number of fused-ring (bicyclic) bond motifs is 1. The maximum Gasteiger partial charge on any atom is 0.260 e. The van der Waals surface area contributed by atoms with Gasteiger partial charge in [-0.25, -0.2) is 13.2 Å². The molecule has 1 aliphatic heterocycles. The normalized spacial score (nSPS) is 16.7. The first-order valence-electron chi connectivity index (χ1n) is 12.6. The summed E-state index contributed by atoms with van der Waals surface area (Å²) >= 11 is 1.45. The van der Waals surface area contributed by atoms with Gasteiger partial charge in [0.25, 0.3) is 5.56 Å². The molecule has 2 heterocycles. The van der Waals surface area contributed by atoms with Crippen molar-refractivity contribution in [2.24, 2.45) is 5.73 Å². The maximum atomic E-state index is 15.6. The topological polar surface area (TPSA) is 57.2 Å². The molecule has 1 aromatic heterocycles. The van der Waals surface area contributed by atoms with Gasteiger partial charge in [0.1, 0.15) is 11.6 Å². The minimum Gasteiger partial charge on any atom is -0.494 e. The third kappa shape index (κ3) is 4.55. The van der Waals surface area contributed by atoms with Crippen LogP contribution in [0.25, 0.3) is 11.1 Å². The number of rotatable bonds is 6. The number of ether oxygens (including phenoxy) is 1. The van der Waals surface area contributed by atoms with Crippen LogP contribution >= 0.6 is 11.8 Å². The van der Waals surface area contributed by atoms with E-state index in [0.29, 0.717) is 16.2 Å². The Morgan fingerprint density at radius 1 is 0.974 bits per heavy atom. The Bertz CT molecular complexity index is 1600. The average Bonchev–Trinajstić information content (AvgIpc) is 3.20. The van der Waals surface area contributed by atoms with Crippen molar-refractivity contribution in [1.29, 1.82) is 0 Å². The van der Waals surface area contributed by atoms with Crippen molar-refractivity contribution < 1.29 is 17.9 Å². The minimum absolute atomic E-state index is 0.00858. The van der Waals surface area contributed by atoms with E-state index in [0.717, 1.165) is 5.56 Å². The standard InChI is InChI=1S/C31H29F3N2O2S/c1-17-20(16-21-22(32)13-9-14-23(21)33)30-36(29(37)25(17)19-12-8-15-24(38-4)26(19)34)28(31(2,3)39-30)27(35)18-10-6-5-7-11-18/h5-15,27-28H,16,35H2,1-4H3. The first kappa shape index (κ1) is 27.1. The van der Waals surface area contributed by atoms with Crippen LogP contribution in [0.15, 0.2) is 76.6 Å². The molecule has 0 saturated heterocycles. The highest BCUT2D eigenvalue weighted by Gasteiger charge is 2.46. The third-order valence-corrected chi connectivity index (χ3v) is 8.88. The van der Waals surface area contributed by atoms with Crippen LogP contribution in [0.5, 0.6) is 5.75 Å². The van der Waals surface area contributed by atoms with E-state index in [1.165, 1.54) is 49.2 Å². The molecule has 2 N–H and O–H groups in total. The minimum atomic E-state index is -0.687. The summed E-state index contributed by atoms with van der Waals surface area (Å²) in [6.07, 6.45) is -0.116. The van der Waals surface area contributed by atoms with Crippen molar-refractivity contribution in [3.8, 4) is 16.9 Å². The average molecular weight is 551 g/mol. The van der Waals surface area contributed by atoms with Crippen molar-refractivity contribution in [3.05, 3.63) is 117 Å². The van der Waals surface area contributed by atoms with E-state index in [1.54, 1.807) is 17.6 Å². The van der Waals surface area contributed by atoms with Gasteiger partial charge < -0.3 is 10.5 Å². The van der Waals surface area contributed by atoms with Crippen molar-refractivity contribution >= 4 is 11.8 Å². The molecule has 8 heteroatoms. The largest absolute Gasteiger partial charge is 0.494 e. The van der Waals surface area contributed by atoms with E-state index >= 15 is 4.39 Å². The molecular weight excluding hydrogens is 521 g/mol. The molecule has 0 aliphatic carbocycles. The second-order valence-electron chi connectivity index (χ2n) is 10.2. The summed E-state index contributed by atoms with van der Waals surface area (Å²) in [7, 11) is 1.35. The quantitative estimate of drug-likeness (QED) is 0.282. The summed E-state index contributed by atoms with van der Waals surface area (Å²) in [6, 6.07) is 16.7. The van der Waals surface area contributed by atoms with Crippen LogP contribution in [0.1, 0.15) is 48.2 Å². The molecule has 4 nitrogen and oxygen atoms in total. The Morgan fingerprint density at radius 3 is 2.26 bits per heavy atom. The SMILES string of the molecule is COc1cccc(-c2c(C)c(Cc3c(F)cccc3F)c3n(c2=O)C(C(N)c2ccccc2)C(C)(C)S3)c1F. The lowest BCUT2D eigenvalue weighted by Crippen LogP contribution is -2.39. The van der Waals surface area contributed by atoms with Crippen molar-refractivity contribution in [2.75, 3.05) is 7.11 Å². The zero-order valence-electron chi connectivity index (χ0n) is 22.1. The van der Waals surface area contributed by atoms with E-state index in [2.05, 4.69) is 0 Å². The molecule has 2 unspecified atom stereocenters. The Kier molecular flexibility index (Phi) is 7.11. The Labute approximate surface area is 229 Å². The summed E-state index contributed by atoms with van der Waals surface area (Å²) in [5, 5.41) is 0.577. The van der Waals surface area contributed by atoms with E-state index in [9.17, 15) is 13.6 Å². The van der Waals surface area contributed by atoms with Gasteiger partial charge in [0, 0.05) is 22.3 Å². The summed E-state index contributed by atoms with van der Waals surface area (Å²) in [4.78, 5) is 14.3. The molecule has 3 aromatic carbocycles. The second kappa shape index (κ2) is 10.2. The molecule has 39 heavy (non-hydrogen) atoms. The number of methoxy groups -OCH3 is 1. The zero-order valence-corrected chi connectivity index (χ0v) is 22.9. The highest BCUT2D eigenvalue weighted by molar-refractivity contribution is 8.00. The third-order valence-electron chi connectivity index (χ3n) is 7.48. The predicted molar refractivity (Wildman–Crippen MR) is 149 cm³/mol. The summed E-state index contributed by atoms with van der Waals surface area (Å²) in [6.45, 7) is 5.68.